The number of ether oxygens (including phenoxy) is 1. The molecule has 0 saturated heterocycles. The van der Waals surface area contributed by atoms with E-state index >= 15 is 0 Å². The molecule has 2 N–H and O–H groups in total. The van der Waals surface area contributed by atoms with Crippen molar-refractivity contribution < 1.29 is 32.6 Å². The second-order valence-electron chi connectivity index (χ2n) is 5.75. The SMILES string of the molecule is COC(=O)C(O)(c1ccc(N(C)C(=O)Nc2cccc(Cl)c2)cc1)C(F)(F)F. The Balaban J connectivity index is 2.25. The Morgan fingerprint density at radius 3 is 2.25 bits per heavy atom. The number of carbonyl (C=O) groups excluding carboxylic acids is 2. The summed E-state index contributed by atoms with van der Waals surface area (Å²) < 4.78 is 43.9. The van der Waals surface area contributed by atoms with Crippen LogP contribution in [0.3, 0.4) is 0 Å². The minimum absolute atomic E-state index is 0.220. The lowest BCUT2D eigenvalue weighted by atomic mass is 9.93. The van der Waals surface area contributed by atoms with Crippen LogP contribution in [-0.4, -0.2) is 37.4 Å². The zero-order chi connectivity index (χ0) is 21.1. The standard InChI is InChI=1S/C18H16ClF3N2O4/c1-24(16(26)23-13-5-3-4-12(19)10-13)14-8-6-11(7-9-14)17(27,15(25)28-2)18(20,21)22/h3-10,27H,1-2H3,(H,23,26). The number of aliphatic hydroxyl groups is 1. The zero-order valence-corrected chi connectivity index (χ0v) is 15.5. The highest BCUT2D eigenvalue weighted by Crippen LogP contribution is 2.40. The van der Waals surface area contributed by atoms with Crippen LogP contribution in [0, 0.1) is 0 Å². The highest BCUT2D eigenvalue weighted by atomic mass is 35.5. The Hall–Kier alpha value is -2.78. The van der Waals surface area contributed by atoms with Gasteiger partial charge in [0.05, 0.1) is 7.11 Å². The first-order chi connectivity index (χ1) is 13.0. The van der Waals surface area contributed by atoms with E-state index in [-0.39, 0.29) is 5.69 Å². The maximum atomic E-state index is 13.3. The number of carbonyl (C=O) groups is 2. The lowest BCUT2D eigenvalue weighted by Gasteiger charge is -2.28. The molecule has 0 spiro atoms. The Morgan fingerprint density at radius 2 is 1.75 bits per heavy atom. The number of amides is 2. The molecule has 0 heterocycles. The summed E-state index contributed by atoms with van der Waals surface area (Å²) in [6, 6.07) is 9.93. The molecule has 10 heteroatoms. The Morgan fingerprint density at radius 1 is 1.14 bits per heavy atom. The largest absolute Gasteiger partial charge is 0.466 e. The maximum Gasteiger partial charge on any atom is 0.432 e. The lowest BCUT2D eigenvalue weighted by molar-refractivity contribution is -0.266. The topological polar surface area (TPSA) is 78.9 Å². The van der Waals surface area contributed by atoms with Crippen molar-refractivity contribution >= 4 is 35.0 Å². The maximum absolute atomic E-state index is 13.3. The Bertz CT molecular complexity index is 874. The summed E-state index contributed by atoms with van der Waals surface area (Å²) in [5, 5.41) is 12.9. The second-order valence-corrected chi connectivity index (χ2v) is 6.18. The van der Waals surface area contributed by atoms with Gasteiger partial charge in [0.15, 0.2) is 0 Å². The predicted molar refractivity (Wildman–Crippen MR) is 97.3 cm³/mol. The predicted octanol–water partition coefficient (Wildman–Crippen LogP) is 3.93. The number of nitrogens with one attached hydrogen (secondary N) is 1. The summed E-state index contributed by atoms with van der Waals surface area (Å²) in [6.07, 6.45) is -5.29. The van der Waals surface area contributed by atoms with Crippen LogP contribution in [0.5, 0.6) is 0 Å². The van der Waals surface area contributed by atoms with E-state index in [1.807, 2.05) is 0 Å². The molecule has 0 radical (unpaired) electrons. The van der Waals surface area contributed by atoms with Crippen LogP contribution < -0.4 is 10.2 Å². The lowest BCUT2D eigenvalue weighted by Crippen LogP contribution is -2.49. The summed E-state index contributed by atoms with van der Waals surface area (Å²) in [4.78, 5) is 25.0. The minimum atomic E-state index is -5.29. The summed E-state index contributed by atoms with van der Waals surface area (Å²) in [7, 11) is 2.13. The number of hydrogen-bond acceptors (Lipinski definition) is 4. The van der Waals surface area contributed by atoms with Crippen molar-refractivity contribution in [2.45, 2.75) is 11.8 Å². The number of hydrogen-bond donors (Lipinski definition) is 2. The highest BCUT2D eigenvalue weighted by Gasteiger charge is 2.62. The summed E-state index contributed by atoms with van der Waals surface area (Å²) in [6.45, 7) is 0. The van der Waals surface area contributed by atoms with Crippen molar-refractivity contribution in [3.8, 4) is 0 Å². The van der Waals surface area contributed by atoms with E-state index in [2.05, 4.69) is 10.1 Å². The molecule has 0 aliphatic heterocycles. The molecule has 0 aromatic heterocycles. The quantitative estimate of drug-likeness (QED) is 0.740. The molecule has 2 amide bonds. The molecule has 2 aromatic rings. The molecule has 150 valence electrons. The van der Waals surface area contributed by atoms with Gasteiger partial charge in [0.2, 0.25) is 0 Å². The van der Waals surface area contributed by atoms with E-state index < -0.39 is 29.3 Å². The van der Waals surface area contributed by atoms with Gasteiger partial charge in [0.25, 0.3) is 5.60 Å². The van der Waals surface area contributed by atoms with Crippen molar-refractivity contribution in [1.82, 2.24) is 0 Å². The zero-order valence-electron chi connectivity index (χ0n) is 14.7. The molecule has 1 atom stereocenters. The van der Waals surface area contributed by atoms with Crippen LogP contribution in [0.1, 0.15) is 5.56 Å². The third-order valence-corrected chi connectivity index (χ3v) is 4.18. The van der Waals surface area contributed by atoms with Gasteiger partial charge in [-0.05, 0) is 30.3 Å². The molecule has 0 aliphatic rings. The summed E-state index contributed by atoms with van der Waals surface area (Å²) in [5.74, 6) is -1.86. The van der Waals surface area contributed by atoms with Gasteiger partial charge in [-0.1, -0.05) is 29.8 Å². The first-order valence-corrected chi connectivity index (χ1v) is 8.17. The number of anilines is 2. The third kappa shape index (κ3) is 4.20. The number of urea groups is 1. The van der Waals surface area contributed by atoms with Crippen LogP contribution >= 0.6 is 11.6 Å². The number of nitrogens with zero attached hydrogens (tertiary/aromatic N) is 1. The van der Waals surface area contributed by atoms with E-state index in [1.165, 1.54) is 13.1 Å². The molecule has 0 saturated carbocycles. The van der Waals surface area contributed by atoms with Crippen LogP contribution in [-0.2, 0) is 15.1 Å². The molecular formula is C18H16ClF3N2O4. The van der Waals surface area contributed by atoms with Gasteiger partial charge < -0.3 is 15.2 Å². The van der Waals surface area contributed by atoms with Gasteiger partial charge in [0.1, 0.15) is 0 Å². The monoisotopic (exact) mass is 416 g/mol. The van der Waals surface area contributed by atoms with Gasteiger partial charge in [0, 0.05) is 29.0 Å². The van der Waals surface area contributed by atoms with E-state index in [9.17, 15) is 27.9 Å². The van der Waals surface area contributed by atoms with Gasteiger partial charge in [-0.2, -0.15) is 13.2 Å². The number of alkyl halides is 3. The Kier molecular flexibility index (Phi) is 6.20. The minimum Gasteiger partial charge on any atom is -0.466 e. The van der Waals surface area contributed by atoms with Crippen molar-refractivity contribution in [3.63, 3.8) is 0 Å². The molecule has 0 bridgehead atoms. The summed E-state index contributed by atoms with van der Waals surface area (Å²) in [5.41, 5.74) is -3.91. The van der Waals surface area contributed by atoms with Crippen LogP contribution in [0.25, 0.3) is 0 Å². The van der Waals surface area contributed by atoms with Gasteiger partial charge in [-0.15, -0.1) is 0 Å². The molecule has 28 heavy (non-hydrogen) atoms. The van der Waals surface area contributed by atoms with E-state index in [0.717, 1.165) is 36.3 Å². The number of benzene rings is 2. The van der Waals surface area contributed by atoms with Crippen molar-refractivity contribution in [2.75, 3.05) is 24.4 Å². The second kappa shape index (κ2) is 8.07. The number of esters is 1. The normalized spacial score (nSPS) is 13.4. The van der Waals surface area contributed by atoms with Gasteiger partial charge >= 0.3 is 18.2 Å². The number of rotatable bonds is 4. The molecule has 0 fully saturated rings. The number of halogens is 4. The average molecular weight is 417 g/mol. The molecular weight excluding hydrogens is 401 g/mol. The van der Waals surface area contributed by atoms with E-state index in [0.29, 0.717) is 10.7 Å². The molecule has 0 aliphatic carbocycles. The smallest absolute Gasteiger partial charge is 0.432 e. The van der Waals surface area contributed by atoms with Crippen LogP contribution in [0.2, 0.25) is 5.02 Å². The fourth-order valence-electron chi connectivity index (χ4n) is 2.36. The molecule has 1 unspecified atom stereocenters. The van der Waals surface area contributed by atoms with Gasteiger partial charge in [-0.25, -0.2) is 9.59 Å². The average Bonchev–Trinajstić information content (AvgIpc) is 2.65. The first kappa shape index (κ1) is 21.5. The highest BCUT2D eigenvalue weighted by molar-refractivity contribution is 6.30. The summed E-state index contributed by atoms with van der Waals surface area (Å²) >= 11 is 5.84. The van der Waals surface area contributed by atoms with Crippen LogP contribution in [0.15, 0.2) is 48.5 Å². The fourth-order valence-corrected chi connectivity index (χ4v) is 2.55. The molecule has 6 nitrogen and oxygen atoms in total. The van der Waals surface area contributed by atoms with Gasteiger partial charge in [-0.3, -0.25) is 4.90 Å². The number of methoxy groups -OCH3 is 1. The molecule has 2 aromatic carbocycles. The van der Waals surface area contributed by atoms with Crippen molar-refractivity contribution in [1.29, 1.82) is 0 Å². The Labute approximate surface area is 163 Å². The fraction of sp³-hybridized carbons (Fsp3) is 0.222. The van der Waals surface area contributed by atoms with Crippen LogP contribution in [0.4, 0.5) is 29.3 Å². The first-order valence-electron chi connectivity index (χ1n) is 7.79. The van der Waals surface area contributed by atoms with Crippen molar-refractivity contribution in [2.24, 2.45) is 0 Å². The van der Waals surface area contributed by atoms with E-state index in [4.69, 9.17) is 11.6 Å². The van der Waals surface area contributed by atoms with E-state index in [1.54, 1.807) is 18.2 Å². The third-order valence-electron chi connectivity index (χ3n) is 3.94. The van der Waals surface area contributed by atoms with Crippen molar-refractivity contribution in [3.05, 3.63) is 59.1 Å². The molecule has 2 rings (SSSR count).